The van der Waals surface area contributed by atoms with Crippen LogP contribution >= 0.6 is 22.9 Å². The lowest BCUT2D eigenvalue weighted by atomic mass is 9.96. The topological polar surface area (TPSA) is 23.6 Å². The van der Waals surface area contributed by atoms with Gasteiger partial charge in [0.05, 0.1) is 11.1 Å². The molecular formula is C27H25ClN2OS. The maximum atomic E-state index is 13.3. The number of rotatable bonds is 4. The number of piperazine rings is 1. The summed E-state index contributed by atoms with van der Waals surface area (Å²) in [4.78, 5) is 18.4. The lowest BCUT2D eigenvalue weighted by molar-refractivity contribution is 0.0602. The van der Waals surface area contributed by atoms with Gasteiger partial charge in [-0.15, -0.1) is 11.3 Å². The molecule has 0 spiro atoms. The Morgan fingerprint density at radius 3 is 2.06 bits per heavy atom. The van der Waals surface area contributed by atoms with E-state index in [4.69, 9.17) is 11.6 Å². The number of amides is 1. The molecule has 5 heteroatoms. The molecule has 0 unspecified atom stereocenters. The van der Waals surface area contributed by atoms with Crippen molar-refractivity contribution in [3.8, 4) is 0 Å². The maximum Gasteiger partial charge on any atom is 0.265 e. The molecule has 3 nitrogen and oxygen atoms in total. The zero-order valence-corrected chi connectivity index (χ0v) is 19.6. The summed E-state index contributed by atoms with van der Waals surface area (Å²) in [7, 11) is 0. The van der Waals surface area contributed by atoms with Gasteiger partial charge in [-0.25, -0.2) is 0 Å². The lowest BCUT2D eigenvalue weighted by Crippen LogP contribution is -2.49. The Morgan fingerprint density at radius 1 is 0.875 bits per heavy atom. The molecule has 1 amide bonds. The summed E-state index contributed by atoms with van der Waals surface area (Å²) in [6, 6.07) is 27.6. The van der Waals surface area contributed by atoms with Gasteiger partial charge in [0.1, 0.15) is 4.88 Å². The summed E-state index contributed by atoms with van der Waals surface area (Å²) in [6.07, 6.45) is 0. The van der Waals surface area contributed by atoms with Gasteiger partial charge in [-0.1, -0.05) is 84.4 Å². The van der Waals surface area contributed by atoms with E-state index in [2.05, 4.69) is 78.6 Å². The van der Waals surface area contributed by atoms with E-state index < -0.39 is 0 Å². The van der Waals surface area contributed by atoms with Crippen molar-refractivity contribution in [1.82, 2.24) is 9.80 Å². The number of carbonyl (C=O) groups is 1. The number of carbonyl (C=O) groups excluding carboxylic acids is 1. The quantitative estimate of drug-likeness (QED) is 0.351. The molecule has 1 fully saturated rings. The van der Waals surface area contributed by atoms with E-state index in [0.29, 0.717) is 23.0 Å². The van der Waals surface area contributed by atoms with Gasteiger partial charge in [0.25, 0.3) is 5.91 Å². The largest absolute Gasteiger partial charge is 0.335 e. The number of benzene rings is 3. The van der Waals surface area contributed by atoms with Crippen LogP contribution in [-0.2, 0) is 0 Å². The first-order valence-electron chi connectivity index (χ1n) is 10.9. The van der Waals surface area contributed by atoms with Gasteiger partial charge in [0, 0.05) is 36.3 Å². The Kier molecular flexibility index (Phi) is 6.01. The Bertz CT molecular complexity index is 1190. The highest BCUT2D eigenvalue weighted by Crippen LogP contribution is 2.37. The minimum Gasteiger partial charge on any atom is -0.335 e. The maximum absolute atomic E-state index is 13.3. The first kappa shape index (κ1) is 21.2. The number of thiophene rings is 1. The Hall–Kier alpha value is -2.66. The van der Waals surface area contributed by atoms with Gasteiger partial charge in [0.2, 0.25) is 0 Å². The lowest BCUT2D eigenvalue weighted by Gasteiger charge is -2.39. The average Bonchev–Trinajstić information content (AvgIpc) is 3.16. The molecule has 2 heterocycles. The molecule has 0 bridgehead atoms. The molecule has 1 saturated heterocycles. The summed E-state index contributed by atoms with van der Waals surface area (Å²) < 4.78 is 1.07. The first-order valence-corrected chi connectivity index (χ1v) is 12.1. The van der Waals surface area contributed by atoms with Crippen molar-refractivity contribution in [1.29, 1.82) is 0 Å². The first-order chi connectivity index (χ1) is 15.6. The molecule has 3 aromatic carbocycles. The smallest absolute Gasteiger partial charge is 0.265 e. The number of nitrogens with zero attached hydrogens (tertiary/aromatic N) is 2. The fraction of sp³-hybridized carbons (Fsp3) is 0.222. The fourth-order valence-corrected chi connectivity index (χ4v) is 6.10. The third kappa shape index (κ3) is 4.06. The second kappa shape index (κ2) is 9.07. The molecule has 0 atom stereocenters. The van der Waals surface area contributed by atoms with Crippen molar-refractivity contribution < 1.29 is 4.79 Å². The molecule has 5 rings (SSSR count). The van der Waals surface area contributed by atoms with Crippen LogP contribution in [0.1, 0.15) is 32.4 Å². The van der Waals surface area contributed by atoms with E-state index in [1.54, 1.807) is 0 Å². The third-order valence-electron chi connectivity index (χ3n) is 6.18. The molecular weight excluding hydrogens is 436 g/mol. The van der Waals surface area contributed by atoms with Crippen LogP contribution < -0.4 is 0 Å². The standard InChI is InChI=1S/C27H25ClN2OS/c1-19-12-13-22-23(18-19)32-26(24(22)28)27(31)30-16-14-29(15-17-30)25(20-8-4-2-5-9-20)21-10-6-3-7-11-21/h2-13,18,25H,14-17H2,1H3. The van der Waals surface area contributed by atoms with Gasteiger partial charge in [0.15, 0.2) is 0 Å². The summed E-state index contributed by atoms with van der Waals surface area (Å²) in [5, 5.41) is 1.56. The molecule has 162 valence electrons. The van der Waals surface area contributed by atoms with Gasteiger partial charge in [-0.05, 0) is 29.7 Å². The molecule has 32 heavy (non-hydrogen) atoms. The predicted molar refractivity (Wildman–Crippen MR) is 134 cm³/mol. The van der Waals surface area contributed by atoms with Crippen LogP contribution in [0.15, 0.2) is 78.9 Å². The molecule has 1 aromatic heterocycles. The second-order valence-electron chi connectivity index (χ2n) is 8.30. The van der Waals surface area contributed by atoms with Gasteiger partial charge < -0.3 is 4.90 Å². The normalized spacial score (nSPS) is 14.9. The number of fused-ring (bicyclic) bond motifs is 1. The highest BCUT2D eigenvalue weighted by atomic mass is 35.5. The van der Waals surface area contributed by atoms with Crippen LogP contribution in [0.4, 0.5) is 0 Å². The van der Waals surface area contributed by atoms with E-state index in [1.165, 1.54) is 28.0 Å². The number of aryl methyl sites for hydroxylation is 1. The predicted octanol–water partition coefficient (Wildman–Crippen LogP) is 6.41. The Labute approximate surface area is 197 Å². The molecule has 0 aliphatic carbocycles. The molecule has 0 radical (unpaired) electrons. The van der Waals surface area contributed by atoms with Crippen molar-refractivity contribution >= 4 is 38.9 Å². The van der Waals surface area contributed by atoms with Crippen molar-refractivity contribution in [2.24, 2.45) is 0 Å². The van der Waals surface area contributed by atoms with E-state index in [-0.39, 0.29) is 11.9 Å². The van der Waals surface area contributed by atoms with E-state index in [9.17, 15) is 4.79 Å². The van der Waals surface area contributed by atoms with Gasteiger partial charge >= 0.3 is 0 Å². The highest BCUT2D eigenvalue weighted by Gasteiger charge is 2.30. The summed E-state index contributed by atoms with van der Waals surface area (Å²) in [5.74, 6) is 0.0458. The average molecular weight is 461 g/mol. The third-order valence-corrected chi connectivity index (χ3v) is 7.82. The SMILES string of the molecule is Cc1ccc2c(Cl)c(C(=O)N3CCN(C(c4ccccc4)c4ccccc4)CC3)sc2c1. The number of hydrogen-bond acceptors (Lipinski definition) is 3. The second-order valence-corrected chi connectivity index (χ2v) is 9.73. The fourth-order valence-electron chi connectivity index (χ4n) is 4.52. The summed E-state index contributed by atoms with van der Waals surface area (Å²) in [6.45, 7) is 5.09. The van der Waals surface area contributed by atoms with Crippen LogP contribution in [0, 0.1) is 6.92 Å². The van der Waals surface area contributed by atoms with Gasteiger partial charge in [-0.2, -0.15) is 0 Å². The summed E-state index contributed by atoms with van der Waals surface area (Å²) >= 11 is 8.12. The van der Waals surface area contributed by atoms with Crippen molar-refractivity contribution in [2.45, 2.75) is 13.0 Å². The minimum atomic E-state index is 0.0458. The minimum absolute atomic E-state index is 0.0458. The molecule has 1 aliphatic heterocycles. The van der Waals surface area contributed by atoms with Crippen LogP contribution in [0.25, 0.3) is 10.1 Å². The van der Waals surface area contributed by atoms with E-state index in [0.717, 1.165) is 23.2 Å². The zero-order chi connectivity index (χ0) is 22.1. The van der Waals surface area contributed by atoms with E-state index >= 15 is 0 Å². The van der Waals surface area contributed by atoms with Crippen molar-refractivity contribution in [3.05, 3.63) is 105 Å². The van der Waals surface area contributed by atoms with Crippen LogP contribution in [0.3, 0.4) is 0 Å². The number of hydrogen-bond donors (Lipinski definition) is 0. The van der Waals surface area contributed by atoms with E-state index in [1.807, 2.05) is 17.0 Å². The molecule has 0 N–H and O–H groups in total. The molecule has 4 aromatic rings. The van der Waals surface area contributed by atoms with Crippen molar-refractivity contribution in [3.63, 3.8) is 0 Å². The van der Waals surface area contributed by atoms with Gasteiger partial charge in [-0.3, -0.25) is 9.69 Å². The van der Waals surface area contributed by atoms with Crippen LogP contribution in [0.2, 0.25) is 5.02 Å². The Balaban J connectivity index is 1.36. The van der Waals surface area contributed by atoms with Crippen LogP contribution in [0.5, 0.6) is 0 Å². The molecule has 0 saturated carbocycles. The van der Waals surface area contributed by atoms with Crippen LogP contribution in [-0.4, -0.2) is 41.9 Å². The Morgan fingerprint density at radius 2 is 1.47 bits per heavy atom. The number of halogens is 1. The zero-order valence-electron chi connectivity index (χ0n) is 18.0. The molecule has 1 aliphatic rings. The highest BCUT2D eigenvalue weighted by molar-refractivity contribution is 7.21. The van der Waals surface area contributed by atoms with Crippen molar-refractivity contribution in [2.75, 3.05) is 26.2 Å². The summed E-state index contributed by atoms with van der Waals surface area (Å²) in [5.41, 5.74) is 3.73. The monoisotopic (exact) mass is 460 g/mol.